The number of nitrogens with two attached hydrogens (primary N) is 2. The van der Waals surface area contributed by atoms with Crippen molar-refractivity contribution in [3.63, 3.8) is 0 Å². The summed E-state index contributed by atoms with van der Waals surface area (Å²) in [5, 5.41) is 8.11. The van der Waals surface area contributed by atoms with Crippen molar-refractivity contribution in [3.05, 3.63) is 27.7 Å². The first-order valence-electron chi connectivity index (χ1n) is 4.70. The van der Waals surface area contributed by atoms with Crippen molar-refractivity contribution in [1.29, 1.82) is 0 Å². The first-order valence-corrected chi connectivity index (χ1v) is 5.45. The van der Waals surface area contributed by atoms with E-state index >= 15 is 0 Å². The number of nitrogens with zero attached hydrogens (tertiary/aromatic N) is 3. The number of benzene rings is 1. The monoisotopic (exact) mass is 309 g/mol. The molecule has 0 atom stereocenters. The molecule has 0 fully saturated rings. The predicted molar refractivity (Wildman–Crippen MR) is 81.4 cm³/mol. The summed E-state index contributed by atoms with van der Waals surface area (Å²) in [4.78, 5) is 1.90. The highest BCUT2D eigenvalue weighted by molar-refractivity contribution is 6.39. The average Bonchev–Trinajstić information content (AvgIpc) is 2.21. The predicted octanol–water partition coefficient (Wildman–Crippen LogP) is 2.09. The van der Waals surface area contributed by atoms with Crippen LogP contribution in [0, 0.1) is 0 Å². The minimum Gasteiger partial charge on any atom is -0.378 e. The minimum absolute atomic E-state index is 0. The van der Waals surface area contributed by atoms with Crippen LogP contribution in [0.3, 0.4) is 0 Å². The van der Waals surface area contributed by atoms with Crippen LogP contribution in [-0.2, 0) is 0 Å². The molecule has 1 aromatic rings. The molecular formula is C10H14Cl3N5. The Morgan fingerprint density at radius 1 is 1.22 bits per heavy atom. The molecule has 0 aliphatic rings. The van der Waals surface area contributed by atoms with E-state index in [1.54, 1.807) is 12.1 Å². The fourth-order valence-corrected chi connectivity index (χ4v) is 1.68. The molecular weight excluding hydrogens is 297 g/mol. The van der Waals surface area contributed by atoms with E-state index in [2.05, 4.69) is 10.2 Å². The Balaban J connectivity index is 0.00000289. The van der Waals surface area contributed by atoms with Gasteiger partial charge in [0, 0.05) is 25.3 Å². The first-order chi connectivity index (χ1) is 7.91. The molecule has 0 heterocycles. The number of hydrogen-bond donors (Lipinski definition) is 2. The second-order valence-electron chi connectivity index (χ2n) is 3.49. The zero-order chi connectivity index (χ0) is 13.0. The smallest absolute Gasteiger partial charge is 0.211 e. The summed E-state index contributed by atoms with van der Waals surface area (Å²) in [6, 6.07) is 3.56. The van der Waals surface area contributed by atoms with Crippen LogP contribution in [-0.4, -0.2) is 26.3 Å². The van der Waals surface area contributed by atoms with Crippen molar-refractivity contribution in [3.8, 4) is 0 Å². The normalized spacial score (nSPS) is 10.0. The molecule has 5 nitrogen and oxygen atoms in total. The third kappa shape index (κ3) is 4.60. The molecule has 1 rings (SSSR count). The van der Waals surface area contributed by atoms with Gasteiger partial charge in [-0.1, -0.05) is 23.2 Å². The summed E-state index contributed by atoms with van der Waals surface area (Å²) in [6.07, 6.45) is 1.41. The minimum atomic E-state index is -0.126. The quantitative estimate of drug-likeness (QED) is 0.509. The van der Waals surface area contributed by atoms with Gasteiger partial charge in [-0.2, -0.15) is 5.10 Å². The van der Waals surface area contributed by atoms with Crippen LogP contribution in [0.1, 0.15) is 5.56 Å². The van der Waals surface area contributed by atoms with Crippen LogP contribution >= 0.6 is 35.6 Å². The van der Waals surface area contributed by atoms with Gasteiger partial charge in [-0.05, 0) is 12.1 Å². The van der Waals surface area contributed by atoms with E-state index in [0.717, 1.165) is 5.69 Å². The van der Waals surface area contributed by atoms with Crippen LogP contribution in [0.15, 0.2) is 22.3 Å². The molecule has 0 aliphatic heterocycles. The Morgan fingerprint density at radius 2 is 1.72 bits per heavy atom. The summed E-state index contributed by atoms with van der Waals surface area (Å²) in [7, 11) is 3.80. The van der Waals surface area contributed by atoms with E-state index < -0.39 is 0 Å². The highest BCUT2D eigenvalue weighted by Gasteiger charge is 2.07. The molecule has 0 aliphatic carbocycles. The number of rotatable bonds is 3. The maximum Gasteiger partial charge on any atom is 0.211 e. The van der Waals surface area contributed by atoms with Crippen molar-refractivity contribution >= 4 is 53.5 Å². The number of guanidine groups is 1. The maximum atomic E-state index is 6.08. The van der Waals surface area contributed by atoms with Crippen LogP contribution in [0.2, 0.25) is 10.0 Å². The van der Waals surface area contributed by atoms with Crippen molar-refractivity contribution in [2.75, 3.05) is 19.0 Å². The Bertz CT molecular complexity index is 444. The molecule has 0 aromatic heterocycles. The van der Waals surface area contributed by atoms with Gasteiger partial charge in [0.25, 0.3) is 0 Å². The molecule has 0 amide bonds. The average molecular weight is 311 g/mol. The van der Waals surface area contributed by atoms with E-state index in [1.807, 2.05) is 19.0 Å². The zero-order valence-corrected chi connectivity index (χ0v) is 12.2. The summed E-state index contributed by atoms with van der Waals surface area (Å²) in [5.74, 6) is -0.126. The number of hydrogen-bond acceptors (Lipinski definition) is 3. The molecule has 8 heteroatoms. The summed E-state index contributed by atoms with van der Waals surface area (Å²) >= 11 is 12.2. The highest BCUT2D eigenvalue weighted by atomic mass is 35.5. The maximum absolute atomic E-state index is 6.08. The zero-order valence-electron chi connectivity index (χ0n) is 9.89. The molecule has 0 saturated heterocycles. The molecule has 0 unspecified atom stereocenters. The van der Waals surface area contributed by atoms with Gasteiger partial charge in [0.05, 0.1) is 16.3 Å². The lowest BCUT2D eigenvalue weighted by Crippen LogP contribution is -2.21. The molecule has 1 aromatic carbocycles. The fraction of sp³-hybridized carbons (Fsp3) is 0.200. The van der Waals surface area contributed by atoms with E-state index in [1.165, 1.54) is 6.21 Å². The van der Waals surface area contributed by atoms with Crippen LogP contribution in [0.25, 0.3) is 0 Å². The van der Waals surface area contributed by atoms with Crippen LogP contribution < -0.4 is 16.4 Å². The standard InChI is InChI=1S/C10H13Cl2N5.ClH/c1-17(2)6-3-8(11)7(9(12)4-6)5-15-16-10(13)14;/h3-5H,1-2H3,(H4,13,14,16);1H. The topological polar surface area (TPSA) is 80.0 Å². The third-order valence-corrected chi connectivity index (χ3v) is 2.57. The van der Waals surface area contributed by atoms with E-state index in [-0.39, 0.29) is 18.4 Å². The largest absolute Gasteiger partial charge is 0.378 e. The first kappa shape index (κ1) is 16.8. The number of halogens is 3. The highest BCUT2D eigenvalue weighted by Crippen LogP contribution is 2.28. The lowest BCUT2D eigenvalue weighted by atomic mass is 10.2. The summed E-state index contributed by atoms with van der Waals surface area (Å²) in [6.45, 7) is 0. The van der Waals surface area contributed by atoms with Gasteiger partial charge in [0.15, 0.2) is 0 Å². The van der Waals surface area contributed by atoms with Gasteiger partial charge in [0.1, 0.15) is 0 Å². The Labute approximate surface area is 122 Å². The summed E-state index contributed by atoms with van der Waals surface area (Å²) in [5.41, 5.74) is 11.8. The second kappa shape index (κ2) is 7.31. The molecule has 0 bridgehead atoms. The van der Waals surface area contributed by atoms with Gasteiger partial charge >= 0.3 is 0 Å². The van der Waals surface area contributed by atoms with E-state index in [0.29, 0.717) is 15.6 Å². The van der Waals surface area contributed by atoms with Crippen LogP contribution in [0.4, 0.5) is 5.69 Å². The summed E-state index contributed by atoms with van der Waals surface area (Å²) < 4.78 is 0. The van der Waals surface area contributed by atoms with Gasteiger partial charge < -0.3 is 16.4 Å². The lowest BCUT2D eigenvalue weighted by Gasteiger charge is -2.14. The van der Waals surface area contributed by atoms with Crippen LogP contribution in [0.5, 0.6) is 0 Å². The molecule has 4 N–H and O–H groups in total. The Hall–Kier alpha value is -1.17. The molecule has 0 radical (unpaired) electrons. The van der Waals surface area contributed by atoms with Crippen molar-refractivity contribution in [2.24, 2.45) is 21.7 Å². The van der Waals surface area contributed by atoms with Gasteiger partial charge in [-0.15, -0.1) is 17.5 Å². The van der Waals surface area contributed by atoms with Gasteiger partial charge in [0.2, 0.25) is 5.96 Å². The third-order valence-electron chi connectivity index (χ3n) is 1.94. The number of anilines is 1. The lowest BCUT2D eigenvalue weighted by molar-refractivity contribution is 1.13. The van der Waals surface area contributed by atoms with Crippen molar-refractivity contribution in [1.82, 2.24) is 0 Å². The SMILES string of the molecule is CN(C)c1cc(Cl)c(C=NN=C(N)N)c(Cl)c1.Cl. The van der Waals surface area contributed by atoms with E-state index in [9.17, 15) is 0 Å². The van der Waals surface area contributed by atoms with Crippen molar-refractivity contribution < 1.29 is 0 Å². The Kier molecular flexibility index (Phi) is 6.83. The fourth-order valence-electron chi connectivity index (χ4n) is 1.11. The van der Waals surface area contributed by atoms with Gasteiger partial charge in [-0.3, -0.25) is 0 Å². The molecule has 0 saturated carbocycles. The second-order valence-corrected chi connectivity index (χ2v) is 4.30. The Morgan fingerprint density at radius 3 is 2.11 bits per heavy atom. The molecule has 18 heavy (non-hydrogen) atoms. The van der Waals surface area contributed by atoms with Gasteiger partial charge in [-0.25, -0.2) is 0 Å². The molecule has 0 spiro atoms. The van der Waals surface area contributed by atoms with E-state index in [4.69, 9.17) is 34.7 Å². The molecule has 100 valence electrons. The van der Waals surface area contributed by atoms with Crippen molar-refractivity contribution in [2.45, 2.75) is 0 Å².